The van der Waals surface area contributed by atoms with E-state index in [0.717, 1.165) is 30.9 Å². The first kappa shape index (κ1) is 14.7. The summed E-state index contributed by atoms with van der Waals surface area (Å²) in [5.74, 6) is 0. The molecule has 2 aromatic rings. The van der Waals surface area contributed by atoms with E-state index in [2.05, 4.69) is 59.1 Å². The van der Waals surface area contributed by atoms with Crippen molar-refractivity contribution in [1.29, 1.82) is 0 Å². The summed E-state index contributed by atoms with van der Waals surface area (Å²) < 4.78 is 2.09. The van der Waals surface area contributed by atoms with Crippen LogP contribution in [-0.2, 0) is 6.54 Å². The second-order valence-electron chi connectivity index (χ2n) is 5.10. The standard InChI is InChI=1S/C16H24N4/c1-5-11-20-15(9-10-18-20)16(17-6-2)14-8-7-12(3)19-13(14)4/h7-10,16-17H,5-6,11H2,1-4H3. The van der Waals surface area contributed by atoms with Crippen molar-refractivity contribution in [2.75, 3.05) is 6.54 Å². The van der Waals surface area contributed by atoms with Gasteiger partial charge in [-0.05, 0) is 44.5 Å². The summed E-state index contributed by atoms with van der Waals surface area (Å²) in [6, 6.07) is 6.51. The van der Waals surface area contributed by atoms with E-state index in [1.165, 1.54) is 11.3 Å². The SMILES string of the molecule is CCCn1nccc1C(NCC)c1ccc(C)nc1C. The molecule has 0 amide bonds. The van der Waals surface area contributed by atoms with Crippen LogP contribution in [0.5, 0.6) is 0 Å². The number of rotatable bonds is 6. The zero-order valence-electron chi connectivity index (χ0n) is 12.8. The molecule has 0 aliphatic heterocycles. The van der Waals surface area contributed by atoms with Crippen LogP contribution in [0.1, 0.15) is 49.0 Å². The summed E-state index contributed by atoms with van der Waals surface area (Å²) in [6.07, 6.45) is 2.96. The van der Waals surface area contributed by atoms with Crippen LogP contribution < -0.4 is 5.32 Å². The van der Waals surface area contributed by atoms with Crippen LogP contribution >= 0.6 is 0 Å². The third-order valence-corrected chi connectivity index (χ3v) is 3.47. The Balaban J connectivity index is 2.42. The van der Waals surface area contributed by atoms with E-state index in [1.807, 2.05) is 13.1 Å². The molecule has 0 saturated heterocycles. The zero-order valence-corrected chi connectivity index (χ0v) is 12.8. The van der Waals surface area contributed by atoms with Gasteiger partial charge in [0.05, 0.1) is 11.7 Å². The maximum Gasteiger partial charge on any atom is 0.0765 e. The molecule has 0 saturated carbocycles. The van der Waals surface area contributed by atoms with Crippen LogP contribution in [-0.4, -0.2) is 21.3 Å². The third-order valence-electron chi connectivity index (χ3n) is 3.47. The van der Waals surface area contributed by atoms with Crippen LogP contribution in [0, 0.1) is 13.8 Å². The molecule has 2 heterocycles. The first-order valence-corrected chi connectivity index (χ1v) is 7.36. The van der Waals surface area contributed by atoms with E-state index < -0.39 is 0 Å². The fourth-order valence-corrected chi connectivity index (χ4v) is 2.57. The van der Waals surface area contributed by atoms with Gasteiger partial charge < -0.3 is 5.32 Å². The molecule has 4 heteroatoms. The molecule has 0 spiro atoms. The van der Waals surface area contributed by atoms with E-state index in [9.17, 15) is 0 Å². The van der Waals surface area contributed by atoms with Crippen molar-refractivity contribution in [2.24, 2.45) is 0 Å². The Morgan fingerprint density at radius 3 is 2.65 bits per heavy atom. The van der Waals surface area contributed by atoms with Crippen molar-refractivity contribution in [2.45, 2.75) is 46.7 Å². The maximum atomic E-state index is 4.59. The van der Waals surface area contributed by atoms with Gasteiger partial charge >= 0.3 is 0 Å². The van der Waals surface area contributed by atoms with E-state index in [0.29, 0.717) is 0 Å². The molecule has 0 aliphatic carbocycles. The lowest BCUT2D eigenvalue weighted by Gasteiger charge is -2.21. The number of hydrogen-bond donors (Lipinski definition) is 1. The van der Waals surface area contributed by atoms with Crippen molar-refractivity contribution in [3.8, 4) is 0 Å². The topological polar surface area (TPSA) is 42.7 Å². The molecule has 1 unspecified atom stereocenters. The molecule has 0 fully saturated rings. The molecule has 2 aromatic heterocycles. The van der Waals surface area contributed by atoms with Gasteiger partial charge in [-0.25, -0.2) is 0 Å². The Morgan fingerprint density at radius 1 is 1.20 bits per heavy atom. The summed E-state index contributed by atoms with van der Waals surface area (Å²) >= 11 is 0. The fourth-order valence-electron chi connectivity index (χ4n) is 2.57. The van der Waals surface area contributed by atoms with Crippen LogP contribution in [0.4, 0.5) is 0 Å². The highest BCUT2D eigenvalue weighted by molar-refractivity contribution is 5.31. The lowest BCUT2D eigenvalue weighted by Crippen LogP contribution is -2.26. The first-order valence-electron chi connectivity index (χ1n) is 7.36. The number of aromatic nitrogens is 3. The number of nitrogens with zero attached hydrogens (tertiary/aromatic N) is 3. The van der Waals surface area contributed by atoms with Gasteiger partial charge in [0.15, 0.2) is 0 Å². The average Bonchev–Trinajstić information content (AvgIpc) is 2.85. The van der Waals surface area contributed by atoms with Gasteiger partial charge in [0.25, 0.3) is 0 Å². The van der Waals surface area contributed by atoms with E-state index in [4.69, 9.17) is 0 Å². The Morgan fingerprint density at radius 2 is 2.00 bits per heavy atom. The smallest absolute Gasteiger partial charge is 0.0765 e. The van der Waals surface area contributed by atoms with Crippen LogP contribution in [0.3, 0.4) is 0 Å². The van der Waals surface area contributed by atoms with Crippen molar-refractivity contribution in [3.63, 3.8) is 0 Å². The Bertz CT molecular complexity index is 559. The molecule has 0 bridgehead atoms. The lowest BCUT2D eigenvalue weighted by molar-refractivity contribution is 0.518. The van der Waals surface area contributed by atoms with Crippen molar-refractivity contribution >= 4 is 0 Å². The van der Waals surface area contributed by atoms with Crippen LogP contribution in [0.2, 0.25) is 0 Å². The van der Waals surface area contributed by atoms with Gasteiger partial charge in [-0.2, -0.15) is 5.10 Å². The summed E-state index contributed by atoms with van der Waals surface area (Å²) in [6.45, 7) is 10.3. The molecule has 0 radical (unpaired) electrons. The summed E-state index contributed by atoms with van der Waals surface area (Å²) in [4.78, 5) is 4.59. The average molecular weight is 272 g/mol. The number of hydrogen-bond acceptors (Lipinski definition) is 3. The van der Waals surface area contributed by atoms with Crippen molar-refractivity contribution in [1.82, 2.24) is 20.1 Å². The fraction of sp³-hybridized carbons (Fsp3) is 0.500. The molecular weight excluding hydrogens is 248 g/mol. The number of pyridine rings is 1. The van der Waals surface area contributed by atoms with Gasteiger partial charge in [-0.1, -0.05) is 19.9 Å². The van der Waals surface area contributed by atoms with Crippen LogP contribution in [0.15, 0.2) is 24.4 Å². The van der Waals surface area contributed by atoms with Crippen molar-refractivity contribution in [3.05, 3.63) is 47.0 Å². The van der Waals surface area contributed by atoms with Crippen molar-refractivity contribution < 1.29 is 0 Å². The maximum absolute atomic E-state index is 4.59. The largest absolute Gasteiger partial charge is 0.305 e. The summed E-state index contributed by atoms with van der Waals surface area (Å²) in [5, 5.41) is 8.00. The Hall–Kier alpha value is -1.68. The van der Waals surface area contributed by atoms with Gasteiger partial charge in [-0.15, -0.1) is 0 Å². The summed E-state index contributed by atoms with van der Waals surface area (Å²) in [7, 11) is 0. The molecule has 2 rings (SSSR count). The molecule has 0 aliphatic rings. The second-order valence-corrected chi connectivity index (χ2v) is 5.10. The van der Waals surface area contributed by atoms with Gasteiger partial charge in [0.1, 0.15) is 0 Å². The molecule has 108 valence electrons. The normalized spacial score (nSPS) is 12.6. The monoisotopic (exact) mass is 272 g/mol. The van der Waals surface area contributed by atoms with E-state index in [1.54, 1.807) is 0 Å². The van der Waals surface area contributed by atoms with Gasteiger partial charge in [0, 0.05) is 24.1 Å². The minimum Gasteiger partial charge on any atom is -0.305 e. The van der Waals surface area contributed by atoms with Crippen LogP contribution in [0.25, 0.3) is 0 Å². The predicted octanol–water partition coefficient (Wildman–Crippen LogP) is 3.00. The molecule has 1 atom stereocenters. The third kappa shape index (κ3) is 3.07. The minimum atomic E-state index is 0.155. The first-order chi connectivity index (χ1) is 9.67. The number of aryl methyl sites for hydroxylation is 3. The highest BCUT2D eigenvalue weighted by Gasteiger charge is 2.19. The predicted molar refractivity (Wildman–Crippen MR) is 81.7 cm³/mol. The van der Waals surface area contributed by atoms with Gasteiger partial charge in [-0.3, -0.25) is 9.67 Å². The highest BCUT2D eigenvalue weighted by atomic mass is 15.3. The molecule has 20 heavy (non-hydrogen) atoms. The number of nitrogens with one attached hydrogen (secondary N) is 1. The van der Waals surface area contributed by atoms with E-state index >= 15 is 0 Å². The molecular formula is C16H24N4. The Kier molecular flexibility index (Phi) is 4.90. The Labute approximate surface area is 121 Å². The highest BCUT2D eigenvalue weighted by Crippen LogP contribution is 2.24. The second kappa shape index (κ2) is 6.66. The van der Waals surface area contributed by atoms with Gasteiger partial charge in [0.2, 0.25) is 0 Å². The zero-order chi connectivity index (χ0) is 14.5. The molecule has 0 aromatic carbocycles. The quantitative estimate of drug-likeness (QED) is 0.879. The minimum absolute atomic E-state index is 0.155. The lowest BCUT2D eigenvalue weighted by atomic mass is 10.0. The van der Waals surface area contributed by atoms with E-state index in [-0.39, 0.29) is 6.04 Å². The molecule has 4 nitrogen and oxygen atoms in total. The summed E-state index contributed by atoms with van der Waals surface area (Å²) in [5.41, 5.74) is 4.58. The molecule has 1 N–H and O–H groups in total.